The highest BCUT2D eigenvalue weighted by atomic mass is 32.2. The van der Waals surface area contributed by atoms with Gasteiger partial charge in [-0.15, -0.1) is 0 Å². The van der Waals surface area contributed by atoms with Crippen molar-refractivity contribution in [3.05, 3.63) is 58.7 Å². The van der Waals surface area contributed by atoms with Crippen LogP contribution in [0.2, 0.25) is 0 Å². The topological polar surface area (TPSA) is 53.9 Å². The fourth-order valence-corrected chi connectivity index (χ4v) is 5.06. The maximum atomic E-state index is 10.3. The van der Waals surface area contributed by atoms with Crippen molar-refractivity contribution >= 4 is 16.9 Å². The van der Waals surface area contributed by atoms with Gasteiger partial charge in [0, 0.05) is 35.4 Å². The van der Waals surface area contributed by atoms with Crippen LogP contribution >= 0.6 is 11.8 Å². The summed E-state index contributed by atoms with van der Waals surface area (Å²) in [5.41, 5.74) is 3.65. The van der Waals surface area contributed by atoms with Crippen LogP contribution in [0.4, 0.5) is 0 Å². The summed E-state index contributed by atoms with van der Waals surface area (Å²) in [7, 11) is 0. The van der Waals surface area contributed by atoms with Crippen molar-refractivity contribution in [2.75, 3.05) is 6.26 Å². The number of thioether (sulfide) groups is 1. The fraction of sp³-hybridized carbons (Fsp3) is 0.435. The molecule has 2 aliphatic heterocycles. The van der Waals surface area contributed by atoms with Gasteiger partial charge in [0.05, 0.1) is 0 Å². The minimum absolute atomic E-state index is 0.125. The molecule has 0 unspecified atom stereocenters. The van der Waals surface area contributed by atoms with Gasteiger partial charge in [-0.2, -0.15) is 0 Å². The second-order valence-electron chi connectivity index (χ2n) is 8.65. The number of benzene rings is 2. The van der Waals surface area contributed by atoms with Crippen LogP contribution < -0.4 is 10.1 Å². The van der Waals surface area contributed by atoms with Crippen LogP contribution in [0.1, 0.15) is 54.9 Å². The van der Waals surface area contributed by atoms with Crippen molar-refractivity contribution in [3.8, 4) is 11.5 Å². The van der Waals surface area contributed by atoms with Crippen molar-refractivity contribution in [3.63, 3.8) is 0 Å². The van der Waals surface area contributed by atoms with Gasteiger partial charge in [-0.1, -0.05) is 47.7 Å². The number of fused-ring (bicyclic) bond motifs is 1. The molecule has 0 radical (unpaired) electrons. The van der Waals surface area contributed by atoms with Crippen molar-refractivity contribution < 1.29 is 9.84 Å². The van der Waals surface area contributed by atoms with E-state index in [9.17, 15) is 5.11 Å². The van der Waals surface area contributed by atoms with Crippen LogP contribution in [0.15, 0.2) is 41.4 Å². The van der Waals surface area contributed by atoms with E-state index in [2.05, 4.69) is 50.4 Å². The van der Waals surface area contributed by atoms with E-state index in [1.54, 1.807) is 17.8 Å². The molecule has 0 aromatic heterocycles. The lowest BCUT2D eigenvalue weighted by molar-refractivity contribution is 0.0126. The smallest absolute Gasteiger partial charge is 0.206 e. The van der Waals surface area contributed by atoms with Crippen LogP contribution in [-0.4, -0.2) is 27.8 Å². The molecule has 4 rings (SSSR count). The first-order chi connectivity index (χ1) is 13.2. The Morgan fingerprint density at radius 3 is 2.54 bits per heavy atom. The Morgan fingerprint density at radius 2 is 1.86 bits per heavy atom. The lowest BCUT2D eigenvalue weighted by Crippen LogP contribution is -2.57. The van der Waals surface area contributed by atoms with Gasteiger partial charge < -0.3 is 15.2 Å². The molecule has 2 aromatic carbocycles. The Kier molecular flexibility index (Phi) is 4.61. The number of aryl methyl sites for hydroxylation is 1. The molecule has 0 aliphatic carbocycles. The monoisotopic (exact) mass is 396 g/mol. The molecular formula is C23H28N2O2S. The van der Waals surface area contributed by atoms with E-state index in [4.69, 9.17) is 9.73 Å². The summed E-state index contributed by atoms with van der Waals surface area (Å²) >= 11 is 1.61. The molecule has 0 amide bonds. The highest BCUT2D eigenvalue weighted by Gasteiger charge is 2.48. The summed E-state index contributed by atoms with van der Waals surface area (Å²) in [6, 6.07) is 12.5. The van der Waals surface area contributed by atoms with Gasteiger partial charge in [-0.05, 0) is 45.6 Å². The molecule has 0 saturated heterocycles. The molecule has 148 valence electrons. The number of aromatic hydroxyl groups is 1. The van der Waals surface area contributed by atoms with Gasteiger partial charge in [0.1, 0.15) is 11.5 Å². The van der Waals surface area contributed by atoms with E-state index < -0.39 is 5.72 Å². The lowest BCUT2D eigenvalue weighted by atomic mass is 9.77. The predicted octanol–water partition coefficient (Wildman–Crippen LogP) is 5.11. The quantitative estimate of drug-likeness (QED) is 0.703. The number of hydrogen-bond acceptors (Lipinski definition) is 5. The third-order valence-electron chi connectivity index (χ3n) is 5.74. The number of aliphatic imine (C=N–C) groups is 1. The van der Waals surface area contributed by atoms with Crippen molar-refractivity contribution in [2.24, 2.45) is 4.99 Å². The molecule has 2 aromatic rings. The first-order valence-electron chi connectivity index (χ1n) is 9.72. The third-order valence-corrected chi connectivity index (χ3v) is 6.32. The van der Waals surface area contributed by atoms with Crippen LogP contribution in [0.5, 0.6) is 11.5 Å². The number of phenolic OH excluding ortho intramolecular Hbond substituents is 1. The molecule has 2 N–H and O–H groups in total. The number of ether oxygens (including phenoxy) is 1. The van der Waals surface area contributed by atoms with Gasteiger partial charge in [0.15, 0.2) is 5.17 Å². The number of amidine groups is 1. The summed E-state index contributed by atoms with van der Waals surface area (Å²) in [6.07, 6.45) is 3.58. The lowest BCUT2D eigenvalue weighted by Gasteiger charge is -2.47. The summed E-state index contributed by atoms with van der Waals surface area (Å²) in [4.78, 5) is 5.01. The molecular weight excluding hydrogens is 368 g/mol. The van der Waals surface area contributed by atoms with Gasteiger partial charge in [-0.25, -0.2) is 4.99 Å². The van der Waals surface area contributed by atoms with E-state index in [-0.39, 0.29) is 17.2 Å². The Morgan fingerprint density at radius 1 is 1.14 bits per heavy atom. The van der Waals surface area contributed by atoms with Gasteiger partial charge in [0.2, 0.25) is 5.72 Å². The SMILES string of the molecule is CSC1=N[C@@]2(C[C@H](c3ccc(C)cc3)c3ccc(O)c(C)c3O2)CC(C)(C)N1. The summed E-state index contributed by atoms with van der Waals surface area (Å²) in [6.45, 7) is 8.41. The predicted molar refractivity (Wildman–Crippen MR) is 117 cm³/mol. The van der Waals surface area contributed by atoms with Crippen molar-refractivity contribution in [2.45, 2.75) is 57.7 Å². The molecule has 0 bridgehead atoms. The molecule has 0 fully saturated rings. The molecule has 2 aliphatic rings. The zero-order valence-electron chi connectivity index (χ0n) is 17.2. The highest BCUT2D eigenvalue weighted by Crippen LogP contribution is 2.51. The third kappa shape index (κ3) is 3.37. The first kappa shape index (κ1) is 19.2. The summed E-state index contributed by atoms with van der Waals surface area (Å²) in [5, 5.41) is 14.7. The largest absolute Gasteiger partial charge is 0.508 e. The van der Waals surface area contributed by atoms with Crippen LogP contribution in [-0.2, 0) is 0 Å². The fourth-order valence-electron chi connectivity index (χ4n) is 4.42. The van der Waals surface area contributed by atoms with Gasteiger partial charge in [-0.3, -0.25) is 0 Å². The van der Waals surface area contributed by atoms with E-state index in [0.717, 1.165) is 34.9 Å². The molecule has 2 atom stereocenters. The highest BCUT2D eigenvalue weighted by molar-refractivity contribution is 8.13. The Hall–Kier alpha value is -2.14. The minimum atomic E-state index is -0.645. The number of nitrogens with one attached hydrogen (secondary N) is 1. The second kappa shape index (κ2) is 6.73. The molecule has 1 spiro atoms. The molecule has 4 nitrogen and oxygen atoms in total. The minimum Gasteiger partial charge on any atom is -0.508 e. The molecule has 28 heavy (non-hydrogen) atoms. The summed E-state index contributed by atoms with van der Waals surface area (Å²) < 4.78 is 6.61. The van der Waals surface area contributed by atoms with Crippen LogP contribution in [0.25, 0.3) is 0 Å². The zero-order valence-corrected chi connectivity index (χ0v) is 18.0. The maximum absolute atomic E-state index is 10.3. The zero-order chi connectivity index (χ0) is 20.1. The van der Waals surface area contributed by atoms with Crippen LogP contribution in [0.3, 0.4) is 0 Å². The van der Waals surface area contributed by atoms with E-state index in [1.807, 2.05) is 19.2 Å². The second-order valence-corrected chi connectivity index (χ2v) is 9.45. The van der Waals surface area contributed by atoms with Crippen molar-refractivity contribution in [1.29, 1.82) is 0 Å². The Balaban J connectivity index is 1.89. The Bertz CT molecular complexity index is 936. The van der Waals surface area contributed by atoms with Gasteiger partial charge >= 0.3 is 0 Å². The number of hydrogen-bond donors (Lipinski definition) is 2. The van der Waals surface area contributed by atoms with Gasteiger partial charge in [0.25, 0.3) is 0 Å². The van der Waals surface area contributed by atoms with Crippen LogP contribution in [0, 0.1) is 13.8 Å². The summed E-state index contributed by atoms with van der Waals surface area (Å²) in [5.74, 6) is 1.21. The molecule has 0 saturated carbocycles. The average molecular weight is 397 g/mol. The van der Waals surface area contributed by atoms with E-state index >= 15 is 0 Å². The molecule has 5 heteroatoms. The van der Waals surface area contributed by atoms with E-state index in [1.165, 1.54) is 11.1 Å². The molecule has 2 heterocycles. The normalized spacial score (nSPS) is 25.5. The van der Waals surface area contributed by atoms with E-state index in [0.29, 0.717) is 0 Å². The number of nitrogens with zero attached hydrogens (tertiary/aromatic N) is 1. The first-order valence-corrected chi connectivity index (χ1v) is 10.9. The number of rotatable bonds is 1. The standard InChI is InChI=1S/C23H28N2O2S/c1-14-6-8-16(9-7-14)18-12-23(13-22(3,4)24-21(25-23)28-5)27-20-15(2)19(26)11-10-17(18)20/h6-11,18,26H,12-13H2,1-5H3,(H,24,25)/t18-,23-/m1/s1. The average Bonchev–Trinajstić information content (AvgIpc) is 2.64. The maximum Gasteiger partial charge on any atom is 0.206 e. The Labute approximate surface area is 171 Å². The number of phenols is 1. The van der Waals surface area contributed by atoms with Crippen molar-refractivity contribution in [1.82, 2.24) is 5.32 Å².